The van der Waals surface area contributed by atoms with Gasteiger partial charge in [-0.25, -0.2) is 0 Å². The molecule has 2 nitrogen and oxygen atoms in total. The molecule has 18 heavy (non-hydrogen) atoms. The van der Waals surface area contributed by atoms with Crippen LogP contribution in [0.1, 0.15) is 23.5 Å². The highest BCUT2D eigenvalue weighted by Gasteiger charge is 2.19. The molecule has 2 aromatic rings. The molecule has 1 N–H and O–H groups in total. The Bertz CT molecular complexity index is 537. The maximum Gasteiger partial charge on any atom is 0.304 e. The van der Waals surface area contributed by atoms with Gasteiger partial charge in [0.15, 0.2) is 0 Å². The van der Waals surface area contributed by atoms with E-state index in [0.29, 0.717) is 5.02 Å². The molecule has 2 aromatic carbocycles. The first kappa shape index (κ1) is 12.7. The SMILES string of the molecule is O=C(O)CC(c1ccccc1)c1ccccc1Cl. The van der Waals surface area contributed by atoms with Gasteiger partial charge in [-0.05, 0) is 17.2 Å². The average Bonchev–Trinajstić information content (AvgIpc) is 2.38. The summed E-state index contributed by atoms with van der Waals surface area (Å²) in [6.07, 6.45) is 0.0355. The van der Waals surface area contributed by atoms with Crippen LogP contribution in [0.4, 0.5) is 0 Å². The Morgan fingerprint density at radius 2 is 1.67 bits per heavy atom. The molecule has 0 fully saturated rings. The zero-order valence-electron chi connectivity index (χ0n) is 9.71. The van der Waals surface area contributed by atoms with E-state index < -0.39 is 5.97 Å². The molecule has 0 radical (unpaired) electrons. The van der Waals surface area contributed by atoms with Crippen molar-refractivity contribution >= 4 is 17.6 Å². The van der Waals surface area contributed by atoms with Crippen LogP contribution in [0.5, 0.6) is 0 Å². The number of hydrogen-bond donors (Lipinski definition) is 1. The van der Waals surface area contributed by atoms with Gasteiger partial charge in [0, 0.05) is 10.9 Å². The maximum absolute atomic E-state index is 11.0. The highest BCUT2D eigenvalue weighted by Crippen LogP contribution is 2.32. The molecule has 0 heterocycles. The summed E-state index contributed by atoms with van der Waals surface area (Å²) < 4.78 is 0. The summed E-state index contributed by atoms with van der Waals surface area (Å²) in [5, 5.41) is 9.66. The van der Waals surface area contributed by atoms with E-state index in [-0.39, 0.29) is 12.3 Å². The van der Waals surface area contributed by atoms with E-state index in [9.17, 15) is 4.79 Å². The molecular formula is C15H13ClO2. The number of carboxylic acids is 1. The van der Waals surface area contributed by atoms with Crippen molar-refractivity contribution in [3.05, 3.63) is 70.7 Å². The second-order valence-corrected chi connectivity index (χ2v) is 4.49. The van der Waals surface area contributed by atoms with Crippen LogP contribution in [0.2, 0.25) is 5.02 Å². The molecule has 0 aliphatic carbocycles. The zero-order chi connectivity index (χ0) is 13.0. The molecule has 0 aliphatic rings. The van der Waals surface area contributed by atoms with Gasteiger partial charge in [0.25, 0.3) is 0 Å². The molecule has 0 bridgehead atoms. The first-order valence-electron chi connectivity index (χ1n) is 5.69. The van der Waals surface area contributed by atoms with E-state index in [1.807, 2.05) is 48.5 Å². The van der Waals surface area contributed by atoms with Crippen LogP contribution in [-0.2, 0) is 4.79 Å². The standard InChI is InChI=1S/C15H13ClO2/c16-14-9-5-4-8-12(14)13(10-15(17)18)11-6-2-1-3-7-11/h1-9,13H,10H2,(H,17,18). The highest BCUT2D eigenvalue weighted by atomic mass is 35.5. The number of hydrogen-bond acceptors (Lipinski definition) is 1. The summed E-state index contributed by atoms with van der Waals surface area (Å²) in [5.41, 5.74) is 1.82. The van der Waals surface area contributed by atoms with Gasteiger partial charge >= 0.3 is 5.97 Å². The molecule has 92 valence electrons. The minimum atomic E-state index is -0.830. The molecule has 0 aromatic heterocycles. The van der Waals surface area contributed by atoms with Crippen LogP contribution in [-0.4, -0.2) is 11.1 Å². The second kappa shape index (κ2) is 5.69. The lowest BCUT2D eigenvalue weighted by Gasteiger charge is -2.17. The number of carbonyl (C=O) groups is 1. The Balaban J connectivity index is 2.44. The largest absolute Gasteiger partial charge is 0.481 e. The van der Waals surface area contributed by atoms with Crippen molar-refractivity contribution in [2.24, 2.45) is 0 Å². The summed E-state index contributed by atoms with van der Waals surface area (Å²) in [6.45, 7) is 0. The Morgan fingerprint density at radius 1 is 1.06 bits per heavy atom. The van der Waals surface area contributed by atoms with Crippen molar-refractivity contribution in [1.82, 2.24) is 0 Å². The summed E-state index contributed by atoms with van der Waals surface area (Å²) in [5.74, 6) is -1.04. The number of halogens is 1. The maximum atomic E-state index is 11.0. The third-order valence-corrected chi connectivity index (χ3v) is 3.21. The van der Waals surface area contributed by atoms with Crippen LogP contribution in [0.15, 0.2) is 54.6 Å². The van der Waals surface area contributed by atoms with Crippen molar-refractivity contribution in [1.29, 1.82) is 0 Å². The van der Waals surface area contributed by atoms with Crippen LogP contribution >= 0.6 is 11.6 Å². The quantitative estimate of drug-likeness (QED) is 0.904. The van der Waals surface area contributed by atoms with Gasteiger partial charge in [0.1, 0.15) is 0 Å². The van der Waals surface area contributed by atoms with Crippen LogP contribution in [0.25, 0.3) is 0 Å². The number of aliphatic carboxylic acids is 1. The van der Waals surface area contributed by atoms with E-state index in [1.165, 1.54) is 0 Å². The third-order valence-electron chi connectivity index (χ3n) is 2.86. The molecular weight excluding hydrogens is 248 g/mol. The number of benzene rings is 2. The predicted octanol–water partition coefficient (Wildman–Crippen LogP) is 3.95. The molecule has 0 amide bonds. The fourth-order valence-corrected chi connectivity index (χ4v) is 2.29. The lowest BCUT2D eigenvalue weighted by molar-refractivity contribution is -0.137. The lowest BCUT2D eigenvalue weighted by Crippen LogP contribution is -2.08. The van der Waals surface area contributed by atoms with Crippen molar-refractivity contribution in [2.45, 2.75) is 12.3 Å². The fourth-order valence-electron chi connectivity index (χ4n) is 2.03. The van der Waals surface area contributed by atoms with Gasteiger partial charge in [-0.1, -0.05) is 60.1 Å². The Labute approximate surface area is 111 Å². The fraction of sp³-hybridized carbons (Fsp3) is 0.133. The van der Waals surface area contributed by atoms with Gasteiger partial charge in [0.2, 0.25) is 0 Å². The topological polar surface area (TPSA) is 37.3 Å². The van der Waals surface area contributed by atoms with E-state index in [2.05, 4.69) is 0 Å². The van der Waals surface area contributed by atoms with Gasteiger partial charge in [-0.15, -0.1) is 0 Å². The first-order valence-corrected chi connectivity index (χ1v) is 6.07. The van der Waals surface area contributed by atoms with Gasteiger partial charge in [-0.3, -0.25) is 4.79 Å². The molecule has 0 saturated heterocycles. The smallest absolute Gasteiger partial charge is 0.304 e. The van der Waals surface area contributed by atoms with Crippen molar-refractivity contribution in [2.75, 3.05) is 0 Å². The summed E-state index contributed by atoms with van der Waals surface area (Å²) >= 11 is 6.16. The van der Waals surface area contributed by atoms with Crippen molar-refractivity contribution < 1.29 is 9.90 Å². The minimum Gasteiger partial charge on any atom is -0.481 e. The normalized spacial score (nSPS) is 12.1. The average molecular weight is 261 g/mol. The summed E-state index contributed by atoms with van der Waals surface area (Å²) in [4.78, 5) is 11.0. The van der Waals surface area contributed by atoms with E-state index >= 15 is 0 Å². The molecule has 0 aliphatic heterocycles. The zero-order valence-corrected chi connectivity index (χ0v) is 10.5. The van der Waals surface area contributed by atoms with Crippen LogP contribution in [0.3, 0.4) is 0 Å². The monoisotopic (exact) mass is 260 g/mol. The summed E-state index contributed by atoms with van der Waals surface area (Å²) in [7, 11) is 0. The molecule has 1 atom stereocenters. The van der Waals surface area contributed by atoms with Gasteiger partial charge in [0.05, 0.1) is 6.42 Å². The Hall–Kier alpha value is -1.80. The molecule has 0 spiro atoms. The number of rotatable bonds is 4. The van der Waals surface area contributed by atoms with Crippen LogP contribution in [0, 0.1) is 0 Å². The van der Waals surface area contributed by atoms with Crippen molar-refractivity contribution in [3.8, 4) is 0 Å². The van der Waals surface area contributed by atoms with Gasteiger partial charge < -0.3 is 5.11 Å². The van der Waals surface area contributed by atoms with Crippen LogP contribution < -0.4 is 0 Å². The van der Waals surface area contributed by atoms with Crippen molar-refractivity contribution in [3.63, 3.8) is 0 Å². The molecule has 0 saturated carbocycles. The van der Waals surface area contributed by atoms with E-state index in [4.69, 9.17) is 16.7 Å². The third kappa shape index (κ3) is 2.90. The Morgan fingerprint density at radius 3 is 2.28 bits per heavy atom. The minimum absolute atomic E-state index is 0.0355. The summed E-state index contributed by atoms with van der Waals surface area (Å²) in [6, 6.07) is 17.0. The predicted molar refractivity (Wildman–Crippen MR) is 72.0 cm³/mol. The molecule has 1 unspecified atom stereocenters. The number of carboxylic acid groups (broad SMARTS) is 1. The second-order valence-electron chi connectivity index (χ2n) is 4.08. The molecule has 2 rings (SSSR count). The highest BCUT2D eigenvalue weighted by molar-refractivity contribution is 6.31. The molecule has 3 heteroatoms. The van der Waals surface area contributed by atoms with Gasteiger partial charge in [-0.2, -0.15) is 0 Å². The first-order chi connectivity index (χ1) is 8.68. The van der Waals surface area contributed by atoms with E-state index in [0.717, 1.165) is 11.1 Å². The Kier molecular flexibility index (Phi) is 4.00. The van der Waals surface area contributed by atoms with E-state index in [1.54, 1.807) is 6.07 Å². The lowest BCUT2D eigenvalue weighted by atomic mass is 9.88.